The third kappa shape index (κ3) is 2.59. The largest absolute Gasteiger partial charge is 0.496 e. The molecule has 122 valence electrons. The van der Waals surface area contributed by atoms with Gasteiger partial charge in [-0.25, -0.2) is 4.79 Å². The number of ketones is 2. The lowest BCUT2D eigenvalue weighted by atomic mass is 9.72. The van der Waals surface area contributed by atoms with Crippen LogP contribution in [0.25, 0.3) is 0 Å². The number of Topliss-reactive ketones (excluding diaryl/α,β-unsaturated/α-hetero) is 2. The van der Waals surface area contributed by atoms with Crippen LogP contribution in [0.1, 0.15) is 42.1 Å². The number of fused-ring (bicyclic) bond motifs is 2. The number of carbonyl (C=O) groups excluding carboxylic acids is 3. The van der Waals surface area contributed by atoms with Gasteiger partial charge < -0.3 is 9.47 Å². The van der Waals surface area contributed by atoms with Gasteiger partial charge in [-0.15, -0.1) is 0 Å². The van der Waals surface area contributed by atoms with E-state index < -0.39 is 17.7 Å². The van der Waals surface area contributed by atoms with Crippen LogP contribution in [-0.4, -0.2) is 31.3 Å². The van der Waals surface area contributed by atoms with Gasteiger partial charge in [0, 0.05) is 5.56 Å². The number of methoxy groups -OCH3 is 1. The molecule has 0 aromatic heterocycles. The van der Waals surface area contributed by atoms with Gasteiger partial charge in [0.15, 0.2) is 5.78 Å². The van der Waals surface area contributed by atoms with Crippen molar-refractivity contribution >= 4 is 33.5 Å². The van der Waals surface area contributed by atoms with Crippen molar-refractivity contribution in [2.75, 3.05) is 13.7 Å². The summed E-state index contributed by atoms with van der Waals surface area (Å²) in [6.07, 6.45) is 2.21. The maximum Gasteiger partial charge on any atom is 0.375 e. The van der Waals surface area contributed by atoms with E-state index in [2.05, 4.69) is 15.9 Å². The Bertz CT molecular complexity index is 705. The summed E-state index contributed by atoms with van der Waals surface area (Å²) in [5.74, 6) is -2.39. The van der Waals surface area contributed by atoms with E-state index in [1.807, 2.05) is 6.07 Å². The summed E-state index contributed by atoms with van der Waals surface area (Å²) in [5, 5.41) is 0. The molecule has 1 aromatic carbocycles. The van der Waals surface area contributed by atoms with E-state index in [0.717, 1.165) is 22.9 Å². The lowest BCUT2D eigenvalue weighted by molar-refractivity contribution is -0.154. The number of ether oxygens (including phenoxy) is 2. The summed E-state index contributed by atoms with van der Waals surface area (Å²) in [4.78, 5) is 36.8. The highest BCUT2D eigenvalue weighted by Crippen LogP contribution is 2.57. The quantitative estimate of drug-likeness (QED) is 0.456. The molecule has 0 aliphatic heterocycles. The number of benzene rings is 1. The minimum atomic E-state index is -0.949. The van der Waals surface area contributed by atoms with E-state index >= 15 is 0 Å². The molecule has 0 N–H and O–H groups in total. The van der Waals surface area contributed by atoms with Gasteiger partial charge in [0.25, 0.3) is 5.78 Å². The van der Waals surface area contributed by atoms with Crippen molar-refractivity contribution in [3.63, 3.8) is 0 Å². The lowest BCUT2D eigenvalue weighted by Gasteiger charge is -2.30. The zero-order valence-corrected chi connectivity index (χ0v) is 14.6. The van der Waals surface area contributed by atoms with E-state index in [0.29, 0.717) is 17.7 Å². The Hall–Kier alpha value is -1.69. The molecule has 0 bridgehead atoms. The molecule has 2 aliphatic rings. The van der Waals surface area contributed by atoms with Crippen LogP contribution in [0.3, 0.4) is 0 Å². The Kier molecular flexibility index (Phi) is 4.04. The Morgan fingerprint density at radius 3 is 2.61 bits per heavy atom. The molecule has 23 heavy (non-hydrogen) atoms. The Morgan fingerprint density at radius 1 is 1.35 bits per heavy atom. The van der Waals surface area contributed by atoms with E-state index in [-0.39, 0.29) is 17.8 Å². The molecule has 0 radical (unpaired) electrons. The second-order valence-corrected chi connectivity index (χ2v) is 6.87. The van der Waals surface area contributed by atoms with E-state index in [4.69, 9.17) is 9.47 Å². The number of halogens is 1. The van der Waals surface area contributed by atoms with Crippen molar-refractivity contribution in [3.05, 3.63) is 27.7 Å². The average Bonchev–Trinajstić information content (AvgIpc) is 3.31. The lowest BCUT2D eigenvalue weighted by Crippen LogP contribution is -2.38. The Labute approximate surface area is 142 Å². The summed E-state index contributed by atoms with van der Waals surface area (Å²) >= 11 is 3.45. The molecule has 1 fully saturated rings. The number of hydrogen-bond donors (Lipinski definition) is 0. The smallest absolute Gasteiger partial charge is 0.375 e. The molecule has 0 heterocycles. The van der Waals surface area contributed by atoms with Gasteiger partial charge in [-0.1, -0.05) is 0 Å². The SMILES string of the molecule is CCOC(=O)C(=O)C1CC2(CC2)c2cc(Br)c(OC)cc2C1=O. The zero-order valence-electron chi connectivity index (χ0n) is 13.0. The Balaban J connectivity index is 2.02. The number of carbonyl (C=O) groups is 3. The van der Waals surface area contributed by atoms with Crippen LogP contribution in [0.2, 0.25) is 0 Å². The van der Waals surface area contributed by atoms with Crippen LogP contribution in [0.5, 0.6) is 5.75 Å². The number of rotatable bonds is 4. The molecule has 1 spiro atoms. The number of esters is 1. The minimum Gasteiger partial charge on any atom is -0.496 e. The van der Waals surface area contributed by atoms with Gasteiger partial charge in [-0.3, -0.25) is 9.59 Å². The van der Waals surface area contributed by atoms with Crippen LogP contribution in [0.4, 0.5) is 0 Å². The van der Waals surface area contributed by atoms with E-state index in [9.17, 15) is 14.4 Å². The molecule has 1 aromatic rings. The van der Waals surface area contributed by atoms with Crippen LogP contribution in [0.15, 0.2) is 16.6 Å². The molecule has 5 nitrogen and oxygen atoms in total. The van der Waals surface area contributed by atoms with Gasteiger partial charge in [0.1, 0.15) is 5.75 Å². The number of hydrogen-bond acceptors (Lipinski definition) is 5. The van der Waals surface area contributed by atoms with Gasteiger partial charge in [-0.2, -0.15) is 0 Å². The van der Waals surface area contributed by atoms with Gasteiger partial charge in [-0.05, 0) is 65.2 Å². The first-order chi connectivity index (χ1) is 10.9. The molecule has 3 rings (SSSR count). The van der Waals surface area contributed by atoms with Crippen LogP contribution >= 0.6 is 15.9 Å². The molecule has 1 unspecified atom stereocenters. The van der Waals surface area contributed by atoms with Gasteiger partial charge >= 0.3 is 5.97 Å². The highest BCUT2D eigenvalue weighted by Gasteiger charge is 2.54. The molecule has 6 heteroatoms. The van der Waals surface area contributed by atoms with Gasteiger partial charge in [0.05, 0.1) is 24.1 Å². The van der Waals surface area contributed by atoms with Crippen LogP contribution in [0, 0.1) is 5.92 Å². The molecule has 2 aliphatic carbocycles. The summed E-state index contributed by atoms with van der Waals surface area (Å²) in [6.45, 7) is 1.75. The zero-order chi connectivity index (χ0) is 16.8. The summed E-state index contributed by atoms with van der Waals surface area (Å²) < 4.78 is 10.8. The third-order valence-electron chi connectivity index (χ3n) is 4.69. The second kappa shape index (κ2) is 5.74. The molecule has 1 saturated carbocycles. The summed E-state index contributed by atoms with van der Waals surface area (Å²) in [6, 6.07) is 3.57. The normalized spacial score (nSPS) is 20.8. The minimum absolute atomic E-state index is 0.119. The summed E-state index contributed by atoms with van der Waals surface area (Å²) in [7, 11) is 1.52. The van der Waals surface area contributed by atoms with Crippen molar-refractivity contribution < 1.29 is 23.9 Å². The van der Waals surface area contributed by atoms with Crippen molar-refractivity contribution in [3.8, 4) is 5.75 Å². The predicted octanol–water partition coefficient (Wildman–Crippen LogP) is 2.82. The first-order valence-corrected chi connectivity index (χ1v) is 8.36. The van der Waals surface area contributed by atoms with E-state index in [1.165, 1.54) is 7.11 Å². The molecular weight excluding hydrogens is 364 g/mol. The first kappa shape index (κ1) is 16.2. The van der Waals surface area contributed by atoms with Gasteiger partial charge in [0.2, 0.25) is 0 Å². The maximum atomic E-state index is 12.8. The van der Waals surface area contributed by atoms with E-state index in [1.54, 1.807) is 13.0 Å². The average molecular weight is 381 g/mol. The molecular formula is C17H17BrO5. The summed E-state index contributed by atoms with van der Waals surface area (Å²) in [5.41, 5.74) is 1.25. The first-order valence-electron chi connectivity index (χ1n) is 7.56. The highest BCUT2D eigenvalue weighted by molar-refractivity contribution is 9.10. The van der Waals surface area contributed by atoms with Crippen molar-refractivity contribution in [2.45, 2.75) is 31.6 Å². The predicted molar refractivity (Wildman–Crippen MR) is 85.7 cm³/mol. The standard InChI is InChI=1S/C17H17BrO5/c1-3-23-16(21)15(20)10-8-17(4-5-17)11-7-12(18)13(22-2)6-9(11)14(10)19/h6-7,10H,3-5,8H2,1-2H3. The topological polar surface area (TPSA) is 69.7 Å². The van der Waals surface area contributed by atoms with Crippen molar-refractivity contribution in [1.82, 2.24) is 0 Å². The fourth-order valence-corrected chi connectivity index (χ4v) is 3.82. The monoisotopic (exact) mass is 380 g/mol. The third-order valence-corrected chi connectivity index (χ3v) is 5.31. The van der Waals surface area contributed by atoms with Crippen molar-refractivity contribution in [2.24, 2.45) is 5.92 Å². The molecule has 0 amide bonds. The fourth-order valence-electron chi connectivity index (χ4n) is 3.31. The van der Waals surface area contributed by atoms with Crippen LogP contribution < -0.4 is 4.74 Å². The maximum absolute atomic E-state index is 12.8. The van der Waals surface area contributed by atoms with Crippen LogP contribution in [-0.2, 0) is 19.7 Å². The Morgan fingerprint density at radius 2 is 2.04 bits per heavy atom. The van der Waals surface area contributed by atoms with Crippen molar-refractivity contribution in [1.29, 1.82) is 0 Å². The second-order valence-electron chi connectivity index (χ2n) is 6.02. The molecule has 1 atom stereocenters. The molecule has 0 saturated heterocycles. The fraction of sp³-hybridized carbons (Fsp3) is 0.471. The highest BCUT2D eigenvalue weighted by atomic mass is 79.9.